The first-order valence-corrected chi connectivity index (χ1v) is 9.42. The molecule has 0 spiro atoms. The fourth-order valence-corrected chi connectivity index (χ4v) is 2.90. The zero-order valence-electron chi connectivity index (χ0n) is 17.6. The van der Waals surface area contributed by atoms with Gasteiger partial charge in [0.15, 0.2) is 5.11 Å². The van der Waals surface area contributed by atoms with Crippen LogP contribution in [0.1, 0.15) is 70.0 Å². The second-order valence-electron chi connectivity index (χ2n) is 8.83. The maximum absolute atomic E-state index is 12.7. The summed E-state index contributed by atoms with van der Waals surface area (Å²) < 4.78 is 5.04. The minimum Gasteiger partial charge on any atom is -0.507 e. The maximum Gasteiger partial charge on any atom is 0.269 e. The van der Waals surface area contributed by atoms with Gasteiger partial charge in [-0.05, 0) is 42.1 Å². The first-order chi connectivity index (χ1) is 12.3. The molecule has 0 fully saturated rings. The molecule has 0 radical (unpaired) electrons. The molecule has 0 unspecified atom stereocenters. The zero-order chi connectivity index (χ0) is 21.0. The molecular weight excluding hydrogens is 362 g/mol. The Balaban J connectivity index is 3.05. The molecule has 0 aliphatic heterocycles. The molecule has 4 N–H and O–H groups in total. The Kier molecular flexibility index (Phi) is 7.63. The van der Waals surface area contributed by atoms with E-state index >= 15 is 0 Å². The van der Waals surface area contributed by atoms with Crippen molar-refractivity contribution in [3.63, 3.8) is 0 Å². The first-order valence-electron chi connectivity index (χ1n) is 9.01. The second kappa shape index (κ2) is 8.89. The van der Waals surface area contributed by atoms with Gasteiger partial charge in [-0.1, -0.05) is 41.5 Å². The van der Waals surface area contributed by atoms with Crippen molar-refractivity contribution in [3.05, 3.63) is 28.8 Å². The molecule has 0 saturated carbocycles. The minimum atomic E-state index is -0.324. The Morgan fingerprint density at radius 2 is 1.59 bits per heavy atom. The predicted octanol–water partition coefficient (Wildman–Crippen LogP) is 3.13. The molecule has 27 heavy (non-hydrogen) atoms. The molecule has 152 valence electrons. The van der Waals surface area contributed by atoms with E-state index in [2.05, 4.69) is 16.2 Å². The number of methoxy groups -OCH3 is 1. The number of nitrogens with one attached hydrogen (secondary N) is 3. The number of thiocarbonyl (C=S) groups is 1. The number of phenolic OH excluding ortho intramolecular Hbond substituents is 1. The Labute approximate surface area is 168 Å². The molecule has 0 aromatic heterocycles. The normalized spacial score (nSPS) is 13.0. The van der Waals surface area contributed by atoms with Gasteiger partial charge in [0.1, 0.15) is 5.75 Å². The van der Waals surface area contributed by atoms with E-state index in [-0.39, 0.29) is 28.5 Å². The van der Waals surface area contributed by atoms with Crippen molar-refractivity contribution in [2.24, 2.45) is 0 Å². The monoisotopic (exact) mass is 395 g/mol. The van der Waals surface area contributed by atoms with Gasteiger partial charge < -0.3 is 15.2 Å². The number of carbonyl (C=O) groups excluding carboxylic acids is 1. The molecule has 7 heteroatoms. The van der Waals surface area contributed by atoms with Crippen LogP contribution in [0.3, 0.4) is 0 Å². The van der Waals surface area contributed by atoms with Crippen molar-refractivity contribution in [1.29, 1.82) is 0 Å². The Morgan fingerprint density at radius 3 is 2.00 bits per heavy atom. The van der Waals surface area contributed by atoms with Crippen LogP contribution in [-0.4, -0.2) is 35.9 Å². The van der Waals surface area contributed by atoms with Crippen LogP contribution in [0.25, 0.3) is 0 Å². The summed E-state index contributed by atoms with van der Waals surface area (Å²) in [6, 6.07) is 3.47. The van der Waals surface area contributed by atoms with Crippen molar-refractivity contribution in [1.82, 2.24) is 16.2 Å². The number of carbonyl (C=O) groups is 1. The number of hydrazine groups is 1. The van der Waals surface area contributed by atoms with Gasteiger partial charge in [0.05, 0.1) is 6.61 Å². The van der Waals surface area contributed by atoms with Gasteiger partial charge in [-0.15, -0.1) is 0 Å². The van der Waals surface area contributed by atoms with E-state index in [0.717, 1.165) is 11.1 Å². The average molecular weight is 396 g/mol. The van der Waals surface area contributed by atoms with E-state index in [0.29, 0.717) is 17.3 Å². The van der Waals surface area contributed by atoms with Crippen molar-refractivity contribution in [2.75, 3.05) is 13.7 Å². The number of phenols is 1. The van der Waals surface area contributed by atoms with E-state index in [9.17, 15) is 9.90 Å². The highest BCUT2D eigenvalue weighted by Gasteiger charge is 2.27. The molecule has 1 amide bonds. The number of aromatic hydroxyl groups is 1. The number of rotatable bonds is 4. The van der Waals surface area contributed by atoms with Crippen LogP contribution in [0.4, 0.5) is 0 Å². The van der Waals surface area contributed by atoms with Crippen molar-refractivity contribution >= 4 is 23.2 Å². The first kappa shape index (κ1) is 23.2. The highest BCUT2D eigenvalue weighted by molar-refractivity contribution is 7.80. The summed E-state index contributed by atoms with van der Waals surface area (Å²) in [5.74, 6) is -0.0837. The van der Waals surface area contributed by atoms with Crippen LogP contribution in [0.2, 0.25) is 0 Å². The summed E-state index contributed by atoms with van der Waals surface area (Å²) in [5.41, 5.74) is 6.62. The third-order valence-electron chi connectivity index (χ3n) is 4.07. The van der Waals surface area contributed by atoms with Crippen LogP contribution in [0.5, 0.6) is 5.75 Å². The lowest BCUT2D eigenvalue weighted by Crippen LogP contribution is -2.50. The van der Waals surface area contributed by atoms with E-state index in [4.69, 9.17) is 17.0 Å². The number of hydrogen-bond acceptors (Lipinski definition) is 4. The summed E-state index contributed by atoms with van der Waals surface area (Å²) in [6.07, 6.45) is 0. The summed E-state index contributed by atoms with van der Waals surface area (Å²) >= 11 is 5.17. The average Bonchev–Trinajstić information content (AvgIpc) is 2.50. The van der Waals surface area contributed by atoms with Gasteiger partial charge in [-0.25, -0.2) is 0 Å². The summed E-state index contributed by atoms with van der Waals surface area (Å²) in [6.45, 7) is 14.4. The number of ether oxygens (including phenoxy) is 1. The molecule has 0 aliphatic carbocycles. The van der Waals surface area contributed by atoms with Gasteiger partial charge >= 0.3 is 0 Å². The minimum absolute atomic E-state index is 0.0144. The Hall–Kier alpha value is -1.86. The fourth-order valence-electron chi connectivity index (χ4n) is 2.65. The van der Waals surface area contributed by atoms with Crippen LogP contribution in [-0.2, 0) is 15.6 Å². The van der Waals surface area contributed by atoms with Crippen LogP contribution in [0.15, 0.2) is 12.1 Å². The number of hydrogen-bond donors (Lipinski definition) is 4. The molecule has 6 nitrogen and oxygen atoms in total. The van der Waals surface area contributed by atoms with Crippen molar-refractivity contribution in [2.45, 2.75) is 65.3 Å². The molecule has 1 aromatic carbocycles. The van der Waals surface area contributed by atoms with Gasteiger partial charge in [-0.2, -0.15) is 0 Å². The lowest BCUT2D eigenvalue weighted by Gasteiger charge is -2.28. The third kappa shape index (κ3) is 6.66. The SMILES string of the molecule is COC[C@H](C)NC(=S)NNC(=O)c1cc(C(C)(C)C)c(O)c(C(C)(C)C)c1. The van der Waals surface area contributed by atoms with E-state index in [1.54, 1.807) is 19.2 Å². The summed E-state index contributed by atoms with van der Waals surface area (Å²) in [4.78, 5) is 12.7. The van der Waals surface area contributed by atoms with E-state index < -0.39 is 0 Å². The van der Waals surface area contributed by atoms with Gasteiger partial charge in [0.2, 0.25) is 0 Å². The second-order valence-corrected chi connectivity index (χ2v) is 9.24. The Bertz CT molecular complexity index is 656. The molecule has 0 bridgehead atoms. The Morgan fingerprint density at radius 1 is 1.11 bits per heavy atom. The predicted molar refractivity (Wildman–Crippen MR) is 113 cm³/mol. The summed E-state index contributed by atoms with van der Waals surface area (Å²) in [5, 5.41) is 14.1. The van der Waals surface area contributed by atoms with Crippen LogP contribution < -0.4 is 16.2 Å². The van der Waals surface area contributed by atoms with Crippen LogP contribution in [0, 0.1) is 0 Å². The van der Waals surface area contributed by atoms with E-state index in [1.807, 2.05) is 48.5 Å². The highest BCUT2D eigenvalue weighted by atomic mass is 32.1. The number of benzene rings is 1. The maximum atomic E-state index is 12.7. The molecule has 1 rings (SSSR count). The smallest absolute Gasteiger partial charge is 0.269 e. The fraction of sp³-hybridized carbons (Fsp3) is 0.600. The lowest BCUT2D eigenvalue weighted by molar-refractivity contribution is 0.0943. The van der Waals surface area contributed by atoms with Gasteiger partial charge in [-0.3, -0.25) is 15.6 Å². The molecule has 0 aliphatic rings. The topological polar surface area (TPSA) is 82.6 Å². The highest BCUT2D eigenvalue weighted by Crippen LogP contribution is 2.39. The van der Waals surface area contributed by atoms with Crippen molar-refractivity contribution in [3.8, 4) is 5.75 Å². The third-order valence-corrected chi connectivity index (χ3v) is 4.29. The zero-order valence-corrected chi connectivity index (χ0v) is 18.4. The standard InChI is InChI=1S/C20H33N3O3S/c1-12(11-26-8)21-18(27)23-22-17(25)13-9-14(19(2,3)4)16(24)15(10-13)20(5,6)7/h9-10,12,24H,11H2,1-8H3,(H,22,25)(H2,21,23,27)/t12-/m0/s1. The largest absolute Gasteiger partial charge is 0.507 e. The lowest BCUT2D eigenvalue weighted by atomic mass is 9.78. The van der Waals surface area contributed by atoms with Gasteiger partial charge in [0.25, 0.3) is 5.91 Å². The molecule has 1 atom stereocenters. The van der Waals surface area contributed by atoms with E-state index in [1.165, 1.54) is 0 Å². The molecular formula is C20H33N3O3S. The molecule has 0 heterocycles. The quantitative estimate of drug-likeness (QED) is 0.463. The van der Waals surface area contributed by atoms with Crippen molar-refractivity contribution < 1.29 is 14.6 Å². The number of amides is 1. The molecule has 0 saturated heterocycles. The van der Waals surface area contributed by atoms with Gasteiger partial charge in [0, 0.05) is 29.8 Å². The molecule has 1 aromatic rings. The summed E-state index contributed by atoms with van der Waals surface area (Å²) in [7, 11) is 1.61. The van der Waals surface area contributed by atoms with Crippen LogP contribution >= 0.6 is 12.2 Å².